The largest absolute Gasteiger partial charge is 0.491 e. The van der Waals surface area contributed by atoms with Gasteiger partial charge in [-0.25, -0.2) is 19.6 Å². The van der Waals surface area contributed by atoms with E-state index >= 15 is 0 Å². The Labute approximate surface area is 395 Å². The molecular formula is C48H64ClN7O9S. The third kappa shape index (κ3) is 9.95. The van der Waals surface area contributed by atoms with Crippen LogP contribution in [0.1, 0.15) is 73.6 Å². The van der Waals surface area contributed by atoms with Crippen LogP contribution in [0.4, 0.5) is 9.93 Å². The van der Waals surface area contributed by atoms with Gasteiger partial charge in [-0.2, -0.15) is 0 Å². The number of amides is 3. The summed E-state index contributed by atoms with van der Waals surface area (Å²) in [4.78, 5) is 69.6. The van der Waals surface area contributed by atoms with Crippen LogP contribution in [0.5, 0.6) is 11.5 Å². The smallest absolute Gasteiger partial charge is 0.408 e. The lowest BCUT2D eigenvalue weighted by Gasteiger charge is -2.35. The van der Waals surface area contributed by atoms with Crippen molar-refractivity contribution in [1.82, 2.24) is 30.4 Å². The maximum Gasteiger partial charge on any atom is 0.408 e. The molecule has 2 aromatic heterocycles. The van der Waals surface area contributed by atoms with Gasteiger partial charge in [0.15, 0.2) is 5.13 Å². The van der Waals surface area contributed by atoms with Crippen molar-refractivity contribution in [2.24, 2.45) is 29.1 Å². The van der Waals surface area contributed by atoms with E-state index in [2.05, 4.69) is 34.4 Å². The minimum Gasteiger partial charge on any atom is -0.491 e. The molecule has 16 nitrogen and oxygen atoms in total. The van der Waals surface area contributed by atoms with Crippen LogP contribution in [0.15, 0.2) is 36.2 Å². The summed E-state index contributed by atoms with van der Waals surface area (Å²) in [7, 11) is 3.00. The van der Waals surface area contributed by atoms with Gasteiger partial charge >= 0.3 is 12.1 Å². The van der Waals surface area contributed by atoms with E-state index in [1.54, 1.807) is 25.3 Å². The van der Waals surface area contributed by atoms with E-state index in [1.807, 2.05) is 46.1 Å². The van der Waals surface area contributed by atoms with Gasteiger partial charge in [-0.05, 0) is 74.8 Å². The van der Waals surface area contributed by atoms with E-state index < -0.39 is 53.0 Å². The molecule has 18 heteroatoms. The Morgan fingerprint density at radius 2 is 1.79 bits per heavy atom. The number of esters is 1. The number of fused-ring (bicyclic) bond motifs is 2. The van der Waals surface area contributed by atoms with Crippen LogP contribution in [0.2, 0.25) is 5.02 Å². The van der Waals surface area contributed by atoms with Crippen LogP contribution in [0, 0.1) is 29.1 Å². The maximum absolute atomic E-state index is 14.9. The molecule has 4 heterocycles. The lowest BCUT2D eigenvalue weighted by Crippen LogP contribution is -2.59. The molecule has 3 aromatic rings. The molecule has 0 bridgehead atoms. The highest BCUT2D eigenvalue weighted by Crippen LogP contribution is 2.57. The average Bonchev–Trinajstić information content (AvgIpc) is 3.70. The summed E-state index contributed by atoms with van der Waals surface area (Å²) in [6.07, 6.45) is 3.18. The van der Waals surface area contributed by atoms with Crippen LogP contribution in [-0.4, -0.2) is 133 Å². The van der Waals surface area contributed by atoms with Crippen molar-refractivity contribution < 1.29 is 42.9 Å². The Morgan fingerprint density at radius 3 is 2.44 bits per heavy atom. The predicted octanol–water partition coefficient (Wildman–Crippen LogP) is 6.70. The van der Waals surface area contributed by atoms with E-state index in [0.29, 0.717) is 76.1 Å². The lowest BCUT2D eigenvalue weighted by atomic mass is 9.85. The number of likely N-dealkylation sites (tertiary alicyclic amines) is 2. The van der Waals surface area contributed by atoms with Crippen LogP contribution in [0.25, 0.3) is 22.3 Å². The highest BCUT2D eigenvalue weighted by molar-refractivity contribution is 7.14. The number of aromatic nitrogens is 2. The number of ether oxygens (including phenoxy) is 5. The SMILES string of the molecule is C=CC1CC1(NC(=O)C1CC(Oc2cc(-c3csc(NC(C)C)n3)nc3c(Cl)c(OCCN4CCC(OC)C4)ccc23)CN1C(=O)C(NC(=O)OC1CC2C(C)C2C1)C(C)(C)C)C(=O)OC. The summed E-state index contributed by atoms with van der Waals surface area (Å²) in [6, 6.07) is 3.43. The summed E-state index contributed by atoms with van der Waals surface area (Å²) in [5, 5.41) is 12.7. The van der Waals surface area contributed by atoms with Crippen molar-refractivity contribution in [3.8, 4) is 22.9 Å². The number of anilines is 1. The molecular weight excluding hydrogens is 886 g/mol. The molecule has 2 aliphatic heterocycles. The van der Waals surface area contributed by atoms with Gasteiger partial charge in [0.2, 0.25) is 11.8 Å². The van der Waals surface area contributed by atoms with Gasteiger partial charge in [-0.3, -0.25) is 14.5 Å². The Hall–Kier alpha value is -4.71. The standard InChI is InChI=1S/C48H64ClN7O9S/c1-10-27-21-48(27,44(59)62-9)54-42(57)36-19-30(23-56(36)43(58)41(47(5,6)7)53-46(60)65-29-17-32-26(4)33(32)18-29)64-38-20-34(35-24-66-45(52-35)50-25(2)3)51-40-31(38)11-12-37(39(40)49)63-16-15-55-14-13-28(22-55)61-8/h10-12,20,24-30,32-33,36,41H,1,13-19,21-23H2,2-9H3,(H,50,52)(H,53,60)(H,54,57). The number of carbonyl (C=O) groups is 4. The van der Waals surface area contributed by atoms with Crippen molar-refractivity contribution in [1.29, 1.82) is 0 Å². The number of pyridine rings is 1. The number of benzene rings is 1. The molecule has 1 aromatic carbocycles. The van der Waals surface area contributed by atoms with Gasteiger partial charge in [0.1, 0.15) is 58.7 Å². The molecule has 3 aliphatic carbocycles. The van der Waals surface area contributed by atoms with Crippen molar-refractivity contribution in [3.05, 3.63) is 41.3 Å². The summed E-state index contributed by atoms with van der Waals surface area (Å²) < 4.78 is 29.6. The second-order valence-electron chi connectivity index (χ2n) is 20.0. The molecule has 5 fully saturated rings. The van der Waals surface area contributed by atoms with E-state index in [9.17, 15) is 19.2 Å². The third-order valence-electron chi connectivity index (χ3n) is 14.1. The summed E-state index contributed by atoms with van der Waals surface area (Å²) in [5.74, 6) is 0.681. The second-order valence-corrected chi connectivity index (χ2v) is 21.3. The molecule has 0 radical (unpaired) electrons. The average molecular weight is 951 g/mol. The summed E-state index contributed by atoms with van der Waals surface area (Å²) in [5.41, 5.74) is -0.561. The molecule has 8 unspecified atom stereocenters. The van der Waals surface area contributed by atoms with E-state index in [1.165, 1.54) is 23.3 Å². The Balaban J connectivity index is 1.09. The zero-order valence-electron chi connectivity index (χ0n) is 39.2. The molecule has 3 N–H and O–H groups in total. The fraction of sp³-hybridized carbons (Fsp3) is 0.625. The number of nitrogens with one attached hydrogen (secondary N) is 3. The first-order chi connectivity index (χ1) is 31.4. The van der Waals surface area contributed by atoms with E-state index in [0.717, 1.165) is 37.5 Å². The molecule has 3 amide bonds. The number of methoxy groups -OCH3 is 2. The number of carbonyl (C=O) groups excluding carboxylic acids is 4. The van der Waals surface area contributed by atoms with Crippen molar-refractivity contribution in [2.45, 2.75) is 116 Å². The highest BCUT2D eigenvalue weighted by Gasteiger charge is 2.62. The predicted molar refractivity (Wildman–Crippen MR) is 252 cm³/mol. The van der Waals surface area contributed by atoms with Gasteiger partial charge < -0.3 is 44.5 Å². The molecule has 2 saturated heterocycles. The Bertz CT molecular complexity index is 2330. The van der Waals surface area contributed by atoms with Gasteiger partial charge in [-0.1, -0.05) is 45.4 Å². The van der Waals surface area contributed by atoms with E-state index in [4.69, 9.17) is 45.3 Å². The molecule has 3 saturated carbocycles. The number of halogens is 1. The van der Waals surface area contributed by atoms with Crippen molar-refractivity contribution in [2.75, 3.05) is 52.3 Å². The van der Waals surface area contributed by atoms with Crippen LogP contribution < -0.4 is 25.4 Å². The topological polar surface area (TPSA) is 183 Å². The van der Waals surface area contributed by atoms with Crippen LogP contribution >= 0.6 is 22.9 Å². The number of hydrogen-bond acceptors (Lipinski definition) is 14. The highest BCUT2D eigenvalue weighted by atomic mass is 35.5. The fourth-order valence-corrected chi connectivity index (χ4v) is 11.2. The first kappa shape index (κ1) is 47.8. The van der Waals surface area contributed by atoms with Crippen molar-refractivity contribution >= 4 is 62.8 Å². The summed E-state index contributed by atoms with van der Waals surface area (Å²) in [6.45, 7) is 18.5. The minimum atomic E-state index is -1.31. The van der Waals surface area contributed by atoms with Gasteiger partial charge in [0, 0.05) is 62.0 Å². The monoisotopic (exact) mass is 949 g/mol. The molecule has 0 spiro atoms. The first-order valence-electron chi connectivity index (χ1n) is 23.1. The van der Waals surface area contributed by atoms with Gasteiger partial charge in [0.05, 0.1) is 31.0 Å². The number of thiazole rings is 1. The molecule has 5 aliphatic rings. The molecule has 8 rings (SSSR count). The number of rotatable bonds is 17. The summed E-state index contributed by atoms with van der Waals surface area (Å²) >= 11 is 8.60. The quantitative estimate of drug-likeness (QED) is 0.0962. The van der Waals surface area contributed by atoms with Crippen LogP contribution in [0.3, 0.4) is 0 Å². The second kappa shape index (κ2) is 19.1. The Kier molecular flexibility index (Phi) is 13.8. The zero-order chi connectivity index (χ0) is 47.2. The number of hydrogen-bond donors (Lipinski definition) is 3. The van der Waals surface area contributed by atoms with Gasteiger partial charge in [0.25, 0.3) is 0 Å². The lowest BCUT2D eigenvalue weighted by molar-refractivity contribution is -0.148. The number of alkyl carbamates (subject to hydrolysis) is 1. The molecule has 66 heavy (non-hydrogen) atoms. The van der Waals surface area contributed by atoms with Crippen LogP contribution in [-0.2, 0) is 28.6 Å². The first-order valence-corrected chi connectivity index (χ1v) is 24.4. The third-order valence-corrected chi connectivity index (χ3v) is 15.2. The van der Waals surface area contributed by atoms with Crippen molar-refractivity contribution in [3.63, 3.8) is 0 Å². The Morgan fingerprint density at radius 1 is 1.03 bits per heavy atom. The minimum absolute atomic E-state index is 0.0200. The number of nitrogens with zero attached hydrogens (tertiary/aromatic N) is 4. The zero-order valence-corrected chi connectivity index (χ0v) is 40.8. The van der Waals surface area contributed by atoms with E-state index in [-0.39, 0.29) is 37.1 Å². The molecule has 358 valence electrons. The maximum atomic E-state index is 14.9. The van der Waals surface area contributed by atoms with Gasteiger partial charge in [-0.15, -0.1) is 17.9 Å². The molecule has 8 atom stereocenters. The fourth-order valence-electron chi connectivity index (χ4n) is 10.1. The normalized spacial score (nSPS) is 28.4.